The summed E-state index contributed by atoms with van der Waals surface area (Å²) < 4.78 is 14.9. The molecule has 3 heterocycles. The number of halogens is 1. The maximum absolute atomic E-state index is 14.2. The second-order valence-corrected chi connectivity index (χ2v) is 12.7. The lowest BCUT2D eigenvalue weighted by atomic mass is 9.87. The molecule has 5 aromatic rings. The van der Waals surface area contributed by atoms with Crippen LogP contribution in [0.25, 0.3) is 16.6 Å². The highest BCUT2D eigenvalue weighted by molar-refractivity contribution is 6.30. The monoisotopic (exact) mass is 669 g/mol. The molecule has 1 fully saturated rings. The number of fused-ring (bicyclic) bond motifs is 1. The molecule has 12 heteroatoms. The third-order valence-electron chi connectivity index (χ3n) is 8.33. The number of aromatic nitrogens is 4. The fourth-order valence-electron chi connectivity index (χ4n) is 5.81. The molecule has 1 aliphatic rings. The maximum Gasteiger partial charge on any atom is 0.266 e. The highest BCUT2D eigenvalue weighted by atomic mass is 35.5. The van der Waals surface area contributed by atoms with Crippen molar-refractivity contribution < 1.29 is 24.2 Å². The third kappa shape index (κ3) is 7.42. The van der Waals surface area contributed by atoms with Crippen molar-refractivity contribution in [2.24, 2.45) is 0 Å². The van der Waals surface area contributed by atoms with E-state index in [0.717, 1.165) is 0 Å². The second-order valence-electron chi connectivity index (χ2n) is 12.2. The molecule has 0 unspecified atom stereocenters. The molecule has 0 saturated carbocycles. The number of para-hydroxylation sites is 1. The van der Waals surface area contributed by atoms with Crippen LogP contribution in [0.4, 0.5) is 0 Å². The molecule has 6 rings (SSSR count). The largest absolute Gasteiger partial charge is 0.489 e. The van der Waals surface area contributed by atoms with Crippen LogP contribution in [0.1, 0.15) is 42.9 Å². The summed E-state index contributed by atoms with van der Waals surface area (Å²) in [4.78, 5) is 51.0. The van der Waals surface area contributed by atoms with E-state index in [1.165, 1.54) is 4.57 Å². The Kier molecular flexibility index (Phi) is 9.61. The predicted molar refractivity (Wildman–Crippen MR) is 181 cm³/mol. The van der Waals surface area contributed by atoms with Crippen LogP contribution in [0, 0.1) is 0 Å². The first-order chi connectivity index (χ1) is 23.1. The van der Waals surface area contributed by atoms with Gasteiger partial charge in [-0.15, -0.1) is 0 Å². The van der Waals surface area contributed by atoms with Crippen molar-refractivity contribution in [3.05, 3.63) is 112 Å². The summed E-state index contributed by atoms with van der Waals surface area (Å²) in [6.07, 6.45) is 5.21. The van der Waals surface area contributed by atoms with Gasteiger partial charge in [-0.25, -0.2) is 9.97 Å². The molecule has 0 atom stereocenters. The molecule has 2 aromatic heterocycles. The van der Waals surface area contributed by atoms with Gasteiger partial charge in [0.25, 0.3) is 11.5 Å². The molecule has 0 spiro atoms. The Balaban J connectivity index is 1.30. The predicted octanol–water partition coefficient (Wildman–Crippen LogP) is 4.88. The first-order valence-electron chi connectivity index (χ1n) is 15.8. The number of piperidine rings is 1. The van der Waals surface area contributed by atoms with E-state index in [2.05, 4.69) is 4.98 Å². The zero-order chi connectivity index (χ0) is 33.8. The molecular weight excluding hydrogens is 634 g/mol. The molecule has 1 N–H and O–H groups in total. The maximum atomic E-state index is 14.2. The number of hydrogen-bond acceptors (Lipinski definition) is 8. The first-order valence-corrected chi connectivity index (χ1v) is 16.2. The number of rotatable bonds is 11. The Bertz CT molecular complexity index is 1980. The minimum absolute atomic E-state index is 0.0324. The van der Waals surface area contributed by atoms with Gasteiger partial charge in [0.15, 0.2) is 12.4 Å². The number of imidazole rings is 1. The van der Waals surface area contributed by atoms with Crippen LogP contribution in [0.5, 0.6) is 11.5 Å². The number of hydrogen-bond donors (Lipinski definition) is 1. The minimum atomic E-state index is -1.26. The summed E-state index contributed by atoms with van der Waals surface area (Å²) in [5.41, 5.74) is -0.381. The van der Waals surface area contributed by atoms with Gasteiger partial charge in [-0.3, -0.25) is 19.0 Å². The normalized spacial score (nSPS) is 14.3. The minimum Gasteiger partial charge on any atom is -0.489 e. The molecule has 248 valence electrons. The van der Waals surface area contributed by atoms with Crippen LogP contribution in [0.15, 0.2) is 90.2 Å². The molecule has 1 amide bonds. The van der Waals surface area contributed by atoms with Crippen molar-refractivity contribution in [3.8, 4) is 17.2 Å². The van der Waals surface area contributed by atoms with Crippen molar-refractivity contribution >= 4 is 34.2 Å². The number of amides is 1. The number of likely N-dealkylation sites (tertiary alicyclic amines) is 1. The van der Waals surface area contributed by atoms with Crippen LogP contribution in [-0.4, -0.2) is 72.2 Å². The van der Waals surface area contributed by atoms with Gasteiger partial charge in [0, 0.05) is 42.5 Å². The fraction of sp³-hybridized carbons (Fsp3) is 0.306. The Morgan fingerprint density at radius 3 is 2.50 bits per heavy atom. The standard InChI is InChI=1S/C36H36ClN5O6/c1-24(2)48-32-12-7-25(31(43)21-40-18-15-38-23-40)19-30(32)42-33(39-29-6-4-3-5-28(29)35(42)45)20-36(46)13-16-41(17-14-36)34(44)22-47-27-10-8-26(37)9-11-27/h3-12,15,18-19,23-24,46H,13-14,16-17,20-22H2,1-2H3. The van der Waals surface area contributed by atoms with E-state index in [4.69, 9.17) is 26.1 Å². The molecule has 1 aliphatic heterocycles. The molecule has 0 radical (unpaired) electrons. The van der Waals surface area contributed by atoms with Gasteiger partial charge >= 0.3 is 0 Å². The van der Waals surface area contributed by atoms with Crippen molar-refractivity contribution in [2.75, 3.05) is 19.7 Å². The molecule has 11 nitrogen and oxygen atoms in total. The SMILES string of the molecule is CC(C)Oc1ccc(C(=O)Cn2ccnc2)cc1-n1c(CC2(O)CCN(C(=O)COc3ccc(Cl)cc3)CC2)nc2ccccc2c1=O. The summed E-state index contributed by atoms with van der Waals surface area (Å²) in [6, 6.07) is 18.8. The van der Waals surface area contributed by atoms with Crippen LogP contribution >= 0.6 is 11.6 Å². The lowest BCUT2D eigenvalue weighted by Gasteiger charge is -2.38. The van der Waals surface area contributed by atoms with Gasteiger partial charge in [-0.05, 0) is 81.3 Å². The van der Waals surface area contributed by atoms with Crippen LogP contribution in [0.2, 0.25) is 5.02 Å². The zero-order valence-corrected chi connectivity index (χ0v) is 27.5. The van der Waals surface area contributed by atoms with Crippen molar-refractivity contribution in [3.63, 3.8) is 0 Å². The Hall–Kier alpha value is -5.00. The molecule has 3 aromatic carbocycles. The molecule has 1 saturated heterocycles. The van der Waals surface area contributed by atoms with Gasteiger partial charge in [0.05, 0.1) is 41.2 Å². The number of carbonyl (C=O) groups is 2. The summed E-state index contributed by atoms with van der Waals surface area (Å²) in [5, 5.41) is 12.8. The Morgan fingerprint density at radius 2 is 1.79 bits per heavy atom. The van der Waals surface area contributed by atoms with Crippen molar-refractivity contribution in [1.82, 2.24) is 24.0 Å². The first kappa shape index (κ1) is 32.9. The van der Waals surface area contributed by atoms with E-state index in [-0.39, 0.29) is 55.8 Å². The van der Waals surface area contributed by atoms with Gasteiger partial charge in [0.1, 0.15) is 17.3 Å². The highest BCUT2D eigenvalue weighted by Crippen LogP contribution is 2.31. The summed E-state index contributed by atoms with van der Waals surface area (Å²) in [7, 11) is 0. The van der Waals surface area contributed by atoms with E-state index in [0.29, 0.717) is 57.6 Å². The lowest BCUT2D eigenvalue weighted by Crippen LogP contribution is -2.49. The summed E-state index contributed by atoms with van der Waals surface area (Å²) in [5.74, 6) is 0.886. The van der Waals surface area contributed by atoms with Gasteiger partial charge in [-0.2, -0.15) is 0 Å². The number of benzene rings is 3. The van der Waals surface area contributed by atoms with E-state index in [1.807, 2.05) is 13.8 Å². The topological polar surface area (TPSA) is 129 Å². The Labute approximate surface area is 282 Å². The molecule has 48 heavy (non-hydrogen) atoms. The van der Waals surface area contributed by atoms with Crippen LogP contribution in [-0.2, 0) is 17.8 Å². The number of ketones is 1. The van der Waals surface area contributed by atoms with E-state index in [9.17, 15) is 19.5 Å². The third-order valence-corrected chi connectivity index (χ3v) is 8.58. The summed E-state index contributed by atoms with van der Waals surface area (Å²) >= 11 is 5.93. The van der Waals surface area contributed by atoms with E-state index >= 15 is 0 Å². The van der Waals surface area contributed by atoms with Gasteiger partial charge in [0.2, 0.25) is 0 Å². The van der Waals surface area contributed by atoms with E-state index in [1.54, 1.807) is 94.9 Å². The second kappa shape index (κ2) is 14.0. The fourth-order valence-corrected chi connectivity index (χ4v) is 5.94. The highest BCUT2D eigenvalue weighted by Gasteiger charge is 2.36. The lowest BCUT2D eigenvalue weighted by molar-refractivity contribution is -0.137. The average Bonchev–Trinajstić information content (AvgIpc) is 3.58. The Morgan fingerprint density at radius 1 is 1.04 bits per heavy atom. The van der Waals surface area contributed by atoms with Crippen LogP contribution in [0.3, 0.4) is 0 Å². The van der Waals surface area contributed by atoms with Crippen molar-refractivity contribution in [2.45, 2.75) is 51.4 Å². The van der Waals surface area contributed by atoms with Crippen molar-refractivity contribution in [1.29, 1.82) is 0 Å². The number of carbonyl (C=O) groups excluding carboxylic acids is 2. The molecule has 0 aliphatic carbocycles. The van der Waals surface area contributed by atoms with E-state index < -0.39 is 5.60 Å². The van der Waals surface area contributed by atoms with Gasteiger partial charge < -0.3 is 24.0 Å². The molecular formula is C36H36ClN5O6. The number of aliphatic hydroxyl groups is 1. The van der Waals surface area contributed by atoms with Crippen LogP contribution < -0.4 is 15.0 Å². The quantitative estimate of drug-likeness (QED) is 0.197. The molecule has 0 bridgehead atoms. The summed E-state index contributed by atoms with van der Waals surface area (Å²) in [6.45, 7) is 4.29. The zero-order valence-electron chi connectivity index (χ0n) is 26.7. The van der Waals surface area contributed by atoms with Gasteiger partial charge in [-0.1, -0.05) is 23.7 Å². The number of nitrogens with zero attached hydrogens (tertiary/aromatic N) is 5. The number of ether oxygens (including phenoxy) is 2. The smallest absolute Gasteiger partial charge is 0.266 e. The number of Topliss-reactive ketones (excluding diaryl/α,β-unsaturated/α-hetero) is 1. The average molecular weight is 670 g/mol.